The summed E-state index contributed by atoms with van der Waals surface area (Å²) in [6.07, 6.45) is 3.45. The Balaban J connectivity index is 1.68. The molecule has 8 nitrogen and oxygen atoms in total. The van der Waals surface area contributed by atoms with Crippen LogP contribution in [0.25, 0.3) is 16.7 Å². The van der Waals surface area contributed by atoms with Crippen LogP contribution in [0.3, 0.4) is 0 Å². The van der Waals surface area contributed by atoms with E-state index in [1.165, 1.54) is 0 Å². The molecule has 0 atom stereocenters. The Labute approximate surface area is 185 Å². The quantitative estimate of drug-likeness (QED) is 0.475. The third-order valence-electron chi connectivity index (χ3n) is 5.78. The number of piperidine rings is 1. The van der Waals surface area contributed by atoms with Crippen molar-refractivity contribution in [3.63, 3.8) is 0 Å². The average molecular weight is 444 g/mol. The summed E-state index contributed by atoms with van der Waals surface area (Å²) in [6, 6.07) is 7.04. The lowest BCUT2D eigenvalue weighted by Crippen LogP contribution is -2.42. The molecule has 2 aromatic heterocycles. The number of fused-ring (bicyclic) bond motifs is 1. The van der Waals surface area contributed by atoms with E-state index in [1.807, 2.05) is 19.9 Å². The van der Waals surface area contributed by atoms with E-state index < -0.39 is 5.60 Å². The van der Waals surface area contributed by atoms with E-state index in [0.717, 1.165) is 37.1 Å². The summed E-state index contributed by atoms with van der Waals surface area (Å²) in [5.41, 5.74) is 0.999. The van der Waals surface area contributed by atoms with Gasteiger partial charge in [0.05, 0.1) is 35.0 Å². The molecular formula is C22H26ClN5O3. The zero-order chi connectivity index (χ0) is 22.2. The number of carbonyl (C=O) groups excluding carboxylic acids is 1. The Kier molecular flexibility index (Phi) is 5.85. The monoisotopic (exact) mass is 443 g/mol. The van der Waals surface area contributed by atoms with E-state index in [1.54, 1.807) is 36.0 Å². The van der Waals surface area contributed by atoms with Gasteiger partial charge in [-0.3, -0.25) is 0 Å². The first-order valence-corrected chi connectivity index (χ1v) is 10.8. The lowest BCUT2D eigenvalue weighted by atomic mass is 9.83. The zero-order valence-electron chi connectivity index (χ0n) is 17.9. The molecule has 3 aromatic rings. The van der Waals surface area contributed by atoms with Crippen molar-refractivity contribution in [3.8, 4) is 5.69 Å². The number of benzene rings is 1. The summed E-state index contributed by atoms with van der Waals surface area (Å²) in [5.74, 6) is 0.589. The Hall–Kier alpha value is -2.71. The smallest absolute Gasteiger partial charge is 0.338 e. The van der Waals surface area contributed by atoms with E-state index in [-0.39, 0.29) is 17.2 Å². The largest absolute Gasteiger partial charge is 0.462 e. The number of hydrogen-bond donors (Lipinski definition) is 1. The van der Waals surface area contributed by atoms with Gasteiger partial charge in [-0.1, -0.05) is 6.07 Å². The minimum absolute atomic E-state index is 0.135. The van der Waals surface area contributed by atoms with Gasteiger partial charge in [0.15, 0.2) is 5.65 Å². The van der Waals surface area contributed by atoms with Gasteiger partial charge >= 0.3 is 5.97 Å². The molecule has 3 heterocycles. The topological polar surface area (TPSA) is 93.4 Å². The molecule has 1 saturated heterocycles. The van der Waals surface area contributed by atoms with Crippen molar-refractivity contribution in [3.05, 3.63) is 41.3 Å². The van der Waals surface area contributed by atoms with Gasteiger partial charge in [-0.05, 0) is 69.3 Å². The fraction of sp³-hybridized carbons (Fsp3) is 0.455. The molecule has 9 heteroatoms. The molecule has 1 aliphatic rings. The number of aliphatic hydroxyl groups is 1. The molecule has 1 N–H and O–H groups in total. The molecule has 0 saturated carbocycles. The maximum Gasteiger partial charge on any atom is 0.338 e. The molecule has 164 valence electrons. The number of halogens is 1. The lowest BCUT2D eigenvalue weighted by molar-refractivity contribution is 0.00647. The molecular weight excluding hydrogens is 418 g/mol. The van der Waals surface area contributed by atoms with Crippen LogP contribution in [0, 0.1) is 5.92 Å². The number of carbonyl (C=O) groups is 1. The molecule has 0 unspecified atom stereocenters. The summed E-state index contributed by atoms with van der Waals surface area (Å²) in [7, 11) is 0. The summed E-state index contributed by atoms with van der Waals surface area (Å²) >= 11 is 6.28. The highest BCUT2D eigenvalue weighted by molar-refractivity contribution is 6.28. The van der Waals surface area contributed by atoms with Crippen molar-refractivity contribution in [1.29, 1.82) is 0 Å². The van der Waals surface area contributed by atoms with Gasteiger partial charge in [-0.15, -0.1) is 0 Å². The number of nitrogens with zero attached hydrogens (tertiary/aromatic N) is 5. The van der Waals surface area contributed by atoms with Gasteiger partial charge in [0.25, 0.3) is 0 Å². The number of rotatable bonds is 5. The van der Waals surface area contributed by atoms with Crippen molar-refractivity contribution in [2.45, 2.75) is 39.2 Å². The van der Waals surface area contributed by atoms with Crippen molar-refractivity contribution in [2.24, 2.45) is 5.92 Å². The molecule has 0 spiro atoms. The molecule has 31 heavy (non-hydrogen) atoms. The van der Waals surface area contributed by atoms with Crippen molar-refractivity contribution in [1.82, 2.24) is 19.7 Å². The first kappa shape index (κ1) is 21.5. The number of hydrogen-bond acceptors (Lipinski definition) is 7. The second kappa shape index (κ2) is 8.43. The van der Waals surface area contributed by atoms with E-state index in [9.17, 15) is 9.90 Å². The summed E-state index contributed by atoms with van der Waals surface area (Å²) in [6.45, 7) is 7.34. The normalized spacial score (nSPS) is 15.5. The van der Waals surface area contributed by atoms with Crippen LogP contribution in [0.1, 0.15) is 44.0 Å². The first-order valence-electron chi connectivity index (χ1n) is 10.4. The Bertz CT molecular complexity index is 1100. The van der Waals surface area contributed by atoms with Crippen molar-refractivity contribution in [2.75, 3.05) is 24.6 Å². The van der Waals surface area contributed by atoms with E-state index in [2.05, 4.69) is 20.0 Å². The highest BCUT2D eigenvalue weighted by atomic mass is 35.5. The van der Waals surface area contributed by atoms with E-state index in [4.69, 9.17) is 16.3 Å². The molecule has 1 aromatic carbocycles. The fourth-order valence-electron chi connectivity index (χ4n) is 4.07. The van der Waals surface area contributed by atoms with Crippen molar-refractivity contribution >= 4 is 34.4 Å². The molecule has 1 aliphatic heterocycles. The van der Waals surface area contributed by atoms with Crippen LogP contribution in [0.4, 0.5) is 5.82 Å². The minimum atomic E-state index is -0.695. The second-order valence-corrected chi connectivity index (χ2v) is 8.63. The predicted octanol–water partition coefficient (Wildman–Crippen LogP) is 3.63. The van der Waals surface area contributed by atoms with Gasteiger partial charge in [-0.25, -0.2) is 9.48 Å². The third kappa shape index (κ3) is 4.36. The molecule has 1 fully saturated rings. The van der Waals surface area contributed by atoms with Gasteiger partial charge in [-0.2, -0.15) is 15.1 Å². The van der Waals surface area contributed by atoms with Crippen molar-refractivity contribution < 1.29 is 14.6 Å². The zero-order valence-corrected chi connectivity index (χ0v) is 18.6. The summed E-state index contributed by atoms with van der Waals surface area (Å²) in [5, 5.41) is 15.7. The minimum Gasteiger partial charge on any atom is -0.462 e. The predicted molar refractivity (Wildman–Crippen MR) is 119 cm³/mol. The fourth-order valence-corrected chi connectivity index (χ4v) is 4.23. The average Bonchev–Trinajstić information content (AvgIpc) is 3.16. The number of ether oxygens (including phenoxy) is 1. The van der Waals surface area contributed by atoms with Crippen LogP contribution in [0.5, 0.6) is 0 Å². The SMILES string of the molecule is CCOC(=O)c1cccc(-n2ncc3c(N4CCC(C(C)(C)O)CC4)nc(Cl)nc32)c1. The molecule has 0 bridgehead atoms. The van der Waals surface area contributed by atoms with Crippen LogP contribution in [-0.2, 0) is 4.74 Å². The first-order chi connectivity index (χ1) is 14.8. The Morgan fingerprint density at radius 1 is 1.29 bits per heavy atom. The highest BCUT2D eigenvalue weighted by Crippen LogP contribution is 2.33. The van der Waals surface area contributed by atoms with Gasteiger partial charge in [0, 0.05) is 13.1 Å². The summed E-state index contributed by atoms with van der Waals surface area (Å²) in [4.78, 5) is 23.2. The lowest BCUT2D eigenvalue weighted by Gasteiger charge is -2.38. The van der Waals surface area contributed by atoms with Crippen LogP contribution in [0.2, 0.25) is 5.28 Å². The van der Waals surface area contributed by atoms with Gasteiger partial charge < -0.3 is 14.7 Å². The van der Waals surface area contributed by atoms with Crippen LogP contribution >= 0.6 is 11.6 Å². The number of aromatic nitrogens is 4. The summed E-state index contributed by atoms with van der Waals surface area (Å²) < 4.78 is 6.75. The maximum atomic E-state index is 12.1. The second-order valence-electron chi connectivity index (χ2n) is 8.30. The number of anilines is 1. The number of esters is 1. The van der Waals surface area contributed by atoms with Crippen LogP contribution in [-0.4, -0.2) is 56.1 Å². The molecule has 0 amide bonds. The Morgan fingerprint density at radius 3 is 2.71 bits per heavy atom. The van der Waals surface area contributed by atoms with E-state index in [0.29, 0.717) is 23.5 Å². The molecule has 0 aliphatic carbocycles. The maximum absolute atomic E-state index is 12.1. The molecule has 4 rings (SSSR count). The highest BCUT2D eigenvalue weighted by Gasteiger charge is 2.32. The third-order valence-corrected chi connectivity index (χ3v) is 5.95. The van der Waals surface area contributed by atoms with Crippen LogP contribution in [0.15, 0.2) is 30.5 Å². The van der Waals surface area contributed by atoms with E-state index >= 15 is 0 Å². The Morgan fingerprint density at radius 2 is 2.03 bits per heavy atom. The standard InChI is InChI=1S/C22H26ClN5O3/c1-4-31-20(29)14-6-5-7-16(12-14)28-19-17(13-24-28)18(25-21(23)26-19)27-10-8-15(9-11-27)22(2,3)30/h5-7,12-13,15,30H,4,8-11H2,1-3H3. The molecule has 0 radical (unpaired) electrons. The van der Waals surface area contributed by atoms with Crippen LogP contribution < -0.4 is 4.90 Å². The van der Waals surface area contributed by atoms with Gasteiger partial charge in [0.1, 0.15) is 5.82 Å². The van der Waals surface area contributed by atoms with Gasteiger partial charge in [0.2, 0.25) is 5.28 Å².